The number of rotatable bonds is 5. The number of nitrogens with two attached hydrogens (primary N) is 1. The van der Waals surface area contributed by atoms with Crippen molar-refractivity contribution in [2.45, 2.75) is 36.9 Å². The van der Waals surface area contributed by atoms with Crippen LogP contribution < -0.4 is 10.5 Å². The highest BCUT2D eigenvalue weighted by Crippen LogP contribution is 2.21. The Kier molecular flexibility index (Phi) is 4.12. The van der Waals surface area contributed by atoms with Gasteiger partial charge in [-0.25, -0.2) is 13.1 Å². The molecule has 1 heterocycles. The summed E-state index contributed by atoms with van der Waals surface area (Å²) in [7, 11) is -3.37. The van der Waals surface area contributed by atoms with Crippen LogP contribution in [0.15, 0.2) is 15.7 Å². The van der Waals surface area contributed by atoms with E-state index in [4.69, 9.17) is 5.73 Å². The number of nitrogens with one attached hydrogen (secondary N) is 1. The van der Waals surface area contributed by atoms with Crippen molar-refractivity contribution in [2.75, 3.05) is 5.73 Å². The molecule has 0 amide bonds. The Balaban J connectivity index is 2.84. The van der Waals surface area contributed by atoms with E-state index in [0.29, 0.717) is 5.69 Å². The van der Waals surface area contributed by atoms with E-state index in [0.717, 1.165) is 24.2 Å². The van der Waals surface area contributed by atoms with E-state index in [1.165, 1.54) is 6.07 Å². The third kappa shape index (κ3) is 3.19. The van der Waals surface area contributed by atoms with Crippen LogP contribution in [0.25, 0.3) is 0 Å². The summed E-state index contributed by atoms with van der Waals surface area (Å²) in [5.41, 5.74) is 5.98. The Labute approximate surface area is 94.5 Å². The van der Waals surface area contributed by atoms with Crippen molar-refractivity contribution < 1.29 is 8.42 Å². The van der Waals surface area contributed by atoms with Gasteiger partial charge >= 0.3 is 0 Å². The van der Waals surface area contributed by atoms with E-state index < -0.39 is 10.0 Å². The maximum Gasteiger partial charge on any atom is 0.250 e. The second kappa shape index (κ2) is 4.96. The number of anilines is 1. The van der Waals surface area contributed by atoms with Crippen LogP contribution in [-0.4, -0.2) is 14.5 Å². The largest absolute Gasteiger partial charge is 0.398 e. The van der Waals surface area contributed by atoms with Gasteiger partial charge < -0.3 is 5.73 Å². The van der Waals surface area contributed by atoms with Crippen LogP contribution in [-0.2, 0) is 10.0 Å². The lowest BCUT2D eigenvalue weighted by Crippen LogP contribution is -2.33. The van der Waals surface area contributed by atoms with Gasteiger partial charge in [0.25, 0.3) is 0 Å². The maximum absolute atomic E-state index is 11.8. The van der Waals surface area contributed by atoms with Crippen LogP contribution in [0.3, 0.4) is 0 Å². The lowest BCUT2D eigenvalue weighted by atomic mass is 10.2. The van der Waals surface area contributed by atoms with Crippen molar-refractivity contribution in [3.63, 3.8) is 0 Å². The van der Waals surface area contributed by atoms with Gasteiger partial charge in [0.1, 0.15) is 4.21 Å². The quantitative estimate of drug-likeness (QED) is 0.834. The van der Waals surface area contributed by atoms with Crippen LogP contribution in [0.2, 0.25) is 0 Å². The first-order chi connectivity index (χ1) is 6.99. The number of hydrogen-bond donors (Lipinski definition) is 2. The summed E-state index contributed by atoms with van der Waals surface area (Å²) < 4.78 is 26.6. The van der Waals surface area contributed by atoms with Gasteiger partial charge in [-0.2, -0.15) is 0 Å². The zero-order chi connectivity index (χ0) is 11.5. The molecule has 15 heavy (non-hydrogen) atoms. The van der Waals surface area contributed by atoms with Gasteiger partial charge in [-0.15, -0.1) is 11.3 Å². The molecule has 0 bridgehead atoms. The lowest BCUT2D eigenvalue weighted by molar-refractivity contribution is 0.532. The Hall–Kier alpha value is -0.590. The Morgan fingerprint density at radius 1 is 1.47 bits per heavy atom. The molecule has 1 rings (SSSR count). The first kappa shape index (κ1) is 12.5. The fraction of sp³-hybridized carbons (Fsp3) is 0.556. The summed E-state index contributed by atoms with van der Waals surface area (Å²) in [6.07, 6.45) is 1.58. The van der Waals surface area contributed by atoms with Gasteiger partial charge in [0.05, 0.1) is 0 Å². The van der Waals surface area contributed by atoms with Gasteiger partial charge in [0.15, 0.2) is 0 Å². The van der Waals surface area contributed by atoms with E-state index in [2.05, 4.69) is 4.72 Å². The van der Waals surface area contributed by atoms with Crippen LogP contribution in [0.1, 0.15) is 26.7 Å². The molecular weight excluding hydrogens is 232 g/mol. The SMILES string of the molecule is CCC(CC)NS(=O)(=O)c1cc(N)cs1. The van der Waals surface area contributed by atoms with Gasteiger partial charge in [0.2, 0.25) is 10.0 Å². The van der Waals surface area contributed by atoms with Crippen LogP contribution >= 0.6 is 11.3 Å². The van der Waals surface area contributed by atoms with Crippen LogP contribution in [0.4, 0.5) is 5.69 Å². The third-order valence-electron chi connectivity index (χ3n) is 2.17. The third-order valence-corrected chi connectivity index (χ3v) is 5.15. The highest BCUT2D eigenvalue weighted by molar-refractivity contribution is 7.91. The van der Waals surface area contributed by atoms with E-state index in [-0.39, 0.29) is 10.3 Å². The molecule has 3 N–H and O–H groups in total. The summed E-state index contributed by atoms with van der Waals surface area (Å²) in [5.74, 6) is 0. The molecule has 0 saturated heterocycles. The minimum absolute atomic E-state index is 0.00155. The van der Waals surface area contributed by atoms with Gasteiger partial charge in [0, 0.05) is 17.1 Å². The molecule has 0 aliphatic heterocycles. The number of nitrogen functional groups attached to an aromatic ring is 1. The van der Waals surface area contributed by atoms with Gasteiger partial charge in [-0.1, -0.05) is 13.8 Å². The molecule has 0 aromatic carbocycles. The Morgan fingerprint density at radius 3 is 2.47 bits per heavy atom. The van der Waals surface area contributed by atoms with Crippen molar-refractivity contribution in [3.8, 4) is 0 Å². The molecular formula is C9H16N2O2S2. The molecule has 1 aromatic rings. The molecule has 0 aliphatic carbocycles. The number of sulfonamides is 1. The van der Waals surface area contributed by atoms with E-state index in [1.54, 1.807) is 5.38 Å². The van der Waals surface area contributed by atoms with E-state index in [9.17, 15) is 8.42 Å². The number of thiophene rings is 1. The zero-order valence-electron chi connectivity index (χ0n) is 8.86. The normalized spacial score (nSPS) is 12.2. The molecule has 0 fully saturated rings. The predicted octanol–water partition coefficient (Wildman–Crippen LogP) is 1.80. The monoisotopic (exact) mass is 248 g/mol. The van der Waals surface area contributed by atoms with Crippen LogP contribution in [0.5, 0.6) is 0 Å². The molecule has 6 heteroatoms. The molecule has 0 unspecified atom stereocenters. The Morgan fingerprint density at radius 2 is 2.07 bits per heavy atom. The minimum Gasteiger partial charge on any atom is -0.398 e. The summed E-state index contributed by atoms with van der Waals surface area (Å²) in [6.45, 7) is 3.92. The van der Waals surface area contributed by atoms with Crippen molar-refractivity contribution in [3.05, 3.63) is 11.4 Å². The molecule has 86 valence electrons. The Bertz CT molecular complexity index is 408. The molecule has 4 nitrogen and oxygen atoms in total. The van der Waals surface area contributed by atoms with E-state index >= 15 is 0 Å². The fourth-order valence-corrected chi connectivity index (χ4v) is 3.70. The average Bonchev–Trinajstić information content (AvgIpc) is 2.62. The highest BCUT2D eigenvalue weighted by atomic mass is 32.2. The molecule has 0 atom stereocenters. The molecule has 0 aliphatic rings. The zero-order valence-corrected chi connectivity index (χ0v) is 10.5. The minimum atomic E-state index is -3.37. The van der Waals surface area contributed by atoms with Crippen molar-refractivity contribution in [1.29, 1.82) is 0 Å². The average molecular weight is 248 g/mol. The predicted molar refractivity (Wildman–Crippen MR) is 63.4 cm³/mol. The number of hydrogen-bond acceptors (Lipinski definition) is 4. The molecule has 0 spiro atoms. The van der Waals surface area contributed by atoms with Crippen molar-refractivity contribution in [2.24, 2.45) is 0 Å². The highest BCUT2D eigenvalue weighted by Gasteiger charge is 2.19. The second-order valence-electron chi connectivity index (χ2n) is 3.33. The van der Waals surface area contributed by atoms with Crippen molar-refractivity contribution >= 4 is 27.0 Å². The second-order valence-corrected chi connectivity index (χ2v) is 6.19. The van der Waals surface area contributed by atoms with E-state index in [1.807, 2.05) is 13.8 Å². The molecule has 0 radical (unpaired) electrons. The first-order valence-electron chi connectivity index (χ1n) is 4.86. The van der Waals surface area contributed by atoms with Crippen LogP contribution in [0, 0.1) is 0 Å². The van der Waals surface area contributed by atoms with Gasteiger partial charge in [-0.3, -0.25) is 0 Å². The molecule has 1 aromatic heterocycles. The summed E-state index contributed by atoms with van der Waals surface area (Å²) in [4.78, 5) is 0. The summed E-state index contributed by atoms with van der Waals surface area (Å²) >= 11 is 1.14. The molecule has 0 saturated carbocycles. The standard InChI is InChI=1S/C9H16N2O2S2/c1-3-8(4-2)11-15(12,13)9-5-7(10)6-14-9/h5-6,8,11H,3-4,10H2,1-2H3. The fourth-order valence-electron chi connectivity index (χ4n) is 1.20. The summed E-state index contributed by atoms with van der Waals surface area (Å²) in [6, 6.07) is 1.48. The topological polar surface area (TPSA) is 72.2 Å². The lowest BCUT2D eigenvalue weighted by Gasteiger charge is -2.13. The van der Waals surface area contributed by atoms with Crippen molar-refractivity contribution in [1.82, 2.24) is 4.72 Å². The first-order valence-corrected chi connectivity index (χ1v) is 7.22. The smallest absolute Gasteiger partial charge is 0.250 e. The van der Waals surface area contributed by atoms with Gasteiger partial charge in [-0.05, 0) is 18.9 Å². The maximum atomic E-state index is 11.8. The summed E-state index contributed by atoms with van der Waals surface area (Å²) in [5, 5.41) is 1.63.